The van der Waals surface area contributed by atoms with Crippen molar-refractivity contribution in [2.24, 2.45) is 0 Å². The van der Waals surface area contributed by atoms with E-state index in [0.717, 1.165) is 11.1 Å². The number of hydrogen-bond acceptors (Lipinski definition) is 2. The molecule has 1 heterocycles. The summed E-state index contributed by atoms with van der Waals surface area (Å²) in [5, 5.41) is 10.3. The smallest absolute Gasteiger partial charge is 0.0991 e. The molecule has 0 spiro atoms. The van der Waals surface area contributed by atoms with E-state index in [1.807, 2.05) is 18.2 Å². The Labute approximate surface area is 113 Å². The number of benzene rings is 1. The van der Waals surface area contributed by atoms with Crippen LogP contribution in [0.4, 0.5) is 0 Å². The van der Waals surface area contributed by atoms with Gasteiger partial charge in [0.25, 0.3) is 0 Å². The van der Waals surface area contributed by atoms with E-state index >= 15 is 0 Å². The summed E-state index contributed by atoms with van der Waals surface area (Å²) in [5.41, 5.74) is 3.27. The maximum atomic E-state index is 9.04. The molecule has 19 heavy (non-hydrogen) atoms. The fourth-order valence-corrected chi connectivity index (χ4v) is 3.26. The van der Waals surface area contributed by atoms with E-state index in [9.17, 15) is 0 Å². The minimum absolute atomic E-state index is 0.620. The van der Waals surface area contributed by atoms with Crippen LogP contribution in [0.2, 0.25) is 0 Å². The van der Waals surface area contributed by atoms with Crippen molar-refractivity contribution in [3.05, 3.63) is 35.5 Å². The summed E-state index contributed by atoms with van der Waals surface area (Å²) in [6, 6.07) is 8.82. The molecule has 1 aliphatic rings. The molecule has 0 bridgehead atoms. The molecule has 1 N–H and O–H groups in total. The maximum Gasteiger partial charge on any atom is 0.0991 e. The fraction of sp³-hybridized carbons (Fsp3) is 0.438. The molecular weight excluding hydrogens is 234 g/mol. The molecule has 1 aromatic heterocycles. The van der Waals surface area contributed by atoms with Crippen LogP contribution in [0.5, 0.6) is 0 Å². The van der Waals surface area contributed by atoms with Gasteiger partial charge < -0.3 is 9.88 Å². The van der Waals surface area contributed by atoms with Gasteiger partial charge in [0, 0.05) is 23.1 Å². The third-order valence-corrected chi connectivity index (χ3v) is 4.42. The second-order valence-electron chi connectivity index (χ2n) is 5.74. The van der Waals surface area contributed by atoms with Gasteiger partial charge in [0.05, 0.1) is 11.6 Å². The molecule has 1 fully saturated rings. The topological polar surface area (TPSA) is 42.8 Å². The van der Waals surface area contributed by atoms with Crippen molar-refractivity contribution < 1.29 is 0 Å². The summed E-state index contributed by atoms with van der Waals surface area (Å²) in [5.74, 6) is 0.620. The first-order chi connectivity index (χ1) is 9.19. The SMILES string of the molecule is CN(C)C1CC[C@@H](c2c[nH]c3ccc(C#N)cc23)C1. The zero-order valence-electron chi connectivity index (χ0n) is 11.5. The van der Waals surface area contributed by atoms with Gasteiger partial charge in [-0.1, -0.05) is 0 Å². The van der Waals surface area contributed by atoms with Crippen LogP contribution < -0.4 is 0 Å². The molecule has 3 nitrogen and oxygen atoms in total. The molecule has 1 unspecified atom stereocenters. The van der Waals surface area contributed by atoms with Crippen LogP contribution in [-0.4, -0.2) is 30.0 Å². The molecule has 2 atom stereocenters. The molecule has 98 valence electrons. The third kappa shape index (κ3) is 2.13. The molecule has 1 saturated carbocycles. The fourth-order valence-electron chi connectivity index (χ4n) is 3.26. The minimum atomic E-state index is 0.620. The number of nitrogens with zero attached hydrogens (tertiary/aromatic N) is 2. The number of nitriles is 1. The van der Waals surface area contributed by atoms with Gasteiger partial charge in [0.15, 0.2) is 0 Å². The van der Waals surface area contributed by atoms with Gasteiger partial charge in [-0.25, -0.2) is 0 Å². The van der Waals surface area contributed by atoms with Gasteiger partial charge in [0.1, 0.15) is 0 Å². The molecule has 3 heteroatoms. The van der Waals surface area contributed by atoms with Crippen molar-refractivity contribution in [3.8, 4) is 6.07 Å². The highest BCUT2D eigenvalue weighted by Crippen LogP contribution is 2.39. The van der Waals surface area contributed by atoms with Crippen LogP contribution in [-0.2, 0) is 0 Å². The average molecular weight is 253 g/mol. The number of fused-ring (bicyclic) bond motifs is 1. The van der Waals surface area contributed by atoms with E-state index in [-0.39, 0.29) is 0 Å². The molecule has 2 aromatic rings. The summed E-state index contributed by atoms with van der Waals surface area (Å²) in [6.45, 7) is 0. The highest BCUT2D eigenvalue weighted by atomic mass is 15.1. The van der Waals surface area contributed by atoms with Crippen molar-refractivity contribution >= 4 is 10.9 Å². The second kappa shape index (κ2) is 4.71. The van der Waals surface area contributed by atoms with Crippen LogP contribution in [0.25, 0.3) is 10.9 Å². The Morgan fingerprint density at radius 2 is 2.16 bits per heavy atom. The number of aromatic amines is 1. The Bertz CT molecular complexity index is 633. The van der Waals surface area contributed by atoms with Crippen molar-refractivity contribution in [2.75, 3.05) is 14.1 Å². The minimum Gasteiger partial charge on any atom is -0.361 e. The average Bonchev–Trinajstić information content (AvgIpc) is 3.03. The third-order valence-electron chi connectivity index (χ3n) is 4.42. The Morgan fingerprint density at radius 1 is 1.32 bits per heavy atom. The van der Waals surface area contributed by atoms with E-state index in [1.54, 1.807) is 0 Å². The van der Waals surface area contributed by atoms with E-state index in [2.05, 4.69) is 36.2 Å². The summed E-state index contributed by atoms with van der Waals surface area (Å²) in [4.78, 5) is 5.67. The lowest BCUT2D eigenvalue weighted by Gasteiger charge is -2.18. The van der Waals surface area contributed by atoms with Gasteiger partial charge in [-0.05, 0) is 63.0 Å². The molecular formula is C16H19N3. The second-order valence-corrected chi connectivity index (χ2v) is 5.74. The number of aromatic nitrogens is 1. The summed E-state index contributed by atoms with van der Waals surface area (Å²) < 4.78 is 0. The first-order valence-corrected chi connectivity index (χ1v) is 6.86. The number of rotatable bonds is 2. The largest absolute Gasteiger partial charge is 0.361 e. The van der Waals surface area contributed by atoms with Crippen LogP contribution in [0.1, 0.15) is 36.3 Å². The van der Waals surface area contributed by atoms with Crippen molar-refractivity contribution in [2.45, 2.75) is 31.2 Å². The maximum absolute atomic E-state index is 9.04. The Morgan fingerprint density at radius 3 is 2.84 bits per heavy atom. The van der Waals surface area contributed by atoms with Crippen LogP contribution in [0.3, 0.4) is 0 Å². The van der Waals surface area contributed by atoms with E-state index < -0.39 is 0 Å². The van der Waals surface area contributed by atoms with Crippen molar-refractivity contribution in [1.82, 2.24) is 9.88 Å². The first kappa shape index (κ1) is 12.3. The lowest BCUT2D eigenvalue weighted by Crippen LogP contribution is -2.24. The van der Waals surface area contributed by atoms with E-state index in [4.69, 9.17) is 5.26 Å². The Kier molecular flexibility index (Phi) is 3.04. The molecule has 1 aromatic carbocycles. The number of hydrogen-bond donors (Lipinski definition) is 1. The quantitative estimate of drug-likeness (QED) is 0.892. The van der Waals surface area contributed by atoms with E-state index in [0.29, 0.717) is 12.0 Å². The normalized spacial score (nSPS) is 23.1. The number of nitrogens with one attached hydrogen (secondary N) is 1. The van der Waals surface area contributed by atoms with Gasteiger partial charge in [-0.3, -0.25) is 0 Å². The standard InChI is InChI=1S/C16H19N3/c1-19(2)13-5-4-12(8-13)15-10-18-16-6-3-11(9-17)7-14(15)16/h3,6-7,10,12-13,18H,4-5,8H2,1-2H3/t12-,13?/m1/s1. The van der Waals surface area contributed by atoms with E-state index in [1.165, 1.54) is 30.2 Å². The highest BCUT2D eigenvalue weighted by molar-refractivity contribution is 5.85. The Hall–Kier alpha value is -1.79. The van der Waals surface area contributed by atoms with Crippen LogP contribution in [0, 0.1) is 11.3 Å². The predicted molar refractivity (Wildman–Crippen MR) is 77.1 cm³/mol. The monoisotopic (exact) mass is 253 g/mol. The van der Waals surface area contributed by atoms with Crippen molar-refractivity contribution in [1.29, 1.82) is 5.26 Å². The van der Waals surface area contributed by atoms with Gasteiger partial charge in [-0.2, -0.15) is 5.26 Å². The lowest BCUT2D eigenvalue weighted by molar-refractivity contribution is 0.297. The van der Waals surface area contributed by atoms with Gasteiger partial charge in [-0.15, -0.1) is 0 Å². The molecule has 0 saturated heterocycles. The highest BCUT2D eigenvalue weighted by Gasteiger charge is 2.28. The summed E-state index contributed by atoms with van der Waals surface area (Å²) in [7, 11) is 4.33. The lowest BCUT2D eigenvalue weighted by atomic mass is 9.96. The number of H-pyrrole nitrogens is 1. The van der Waals surface area contributed by atoms with Crippen LogP contribution >= 0.6 is 0 Å². The van der Waals surface area contributed by atoms with Gasteiger partial charge >= 0.3 is 0 Å². The molecule has 1 aliphatic carbocycles. The summed E-state index contributed by atoms with van der Waals surface area (Å²) in [6.07, 6.45) is 5.86. The predicted octanol–water partition coefficient (Wildman–Crippen LogP) is 3.24. The molecule has 3 rings (SSSR count). The van der Waals surface area contributed by atoms with Crippen LogP contribution in [0.15, 0.2) is 24.4 Å². The summed E-state index contributed by atoms with van der Waals surface area (Å²) >= 11 is 0. The zero-order chi connectivity index (χ0) is 13.4. The molecule has 0 radical (unpaired) electrons. The molecule has 0 aliphatic heterocycles. The van der Waals surface area contributed by atoms with Gasteiger partial charge in [0.2, 0.25) is 0 Å². The van der Waals surface area contributed by atoms with Crippen molar-refractivity contribution in [3.63, 3.8) is 0 Å². The Balaban J connectivity index is 1.95. The first-order valence-electron chi connectivity index (χ1n) is 6.86. The molecule has 0 amide bonds. The zero-order valence-corrected chi connectivity index (χ0v) is 11.5.